The van der Waals surface area contributed by atoms with Crippen molar-refractivity contribution in [3.8, 4) is 11.5 Å². The van der Waals surface area contributed by atoms with E-state index in [9.17, 15) is 0 Å². The minimum absolute atomic E-state index is 0. The van der Waals surface area contributed by atoms with Gasteiger partial charge in [-0.1, -0.05) is 0 Å². The van der Waals surface area contributed by atoms with Gasteiger partial charge in [0, 0.05) is 38.5 Å². The van der Waals surface area contributed by atoms with E-state index in [2.05, 4.69) is 37.7 Å². The van der Waals surface area contributed by atoms with E-state index < -0.39 is 0 Å². The second-order valence-corrected chi connectivity index (χ2v) is 7.29. The summed E-state index contributed by atoms with van der Waals surface area (Å²) in [5.41, 5.74) is 3.70. The summed E-state index contributed by atoms with van der Waals surface area (Å²) in [5, 5.41) is 6.70. The molecule has 0 radical (unpaired) electrons. The Kier molecular flexibility index (Phi) is 8.15. The average Bonchev–Trinajstić information content (AvgIpc) is 3.08. The van der Waals surface area contributed by atoms with E-state index in [0.29, 0.717) is 0 Å². The summed E-state index contributed by atoms with van der Waals surface area (Å²) in [4.78, 5) is 11.2. The molecule has 27 heavy (non-hydrogen) atoms. The van der Waals surface area contributed by atoms with Crippen molar-refractivity contribution in [3.63, 3.8) is 0 Å². The van der Waals surface area contributed by atoms with Crippen LogP contribution in [0.5, 0.6) is 11.5 Å². The van der Waals surface area contributed by atoms with E-state index in [1.807, 2.05) is 14.0 Å². The van der Waals surface area contributed by atoms with Crippen LogP contribution in [-0.2, 0) is 19.4 Å². The molecule has 0 unspecified atom stereocenters. The maximum absolute atomic E-state index is 5.44. The second kappa shape index (κ2) is 10.1. The van der Waals surface area contributed by atoms with Crippen LogP contribution in [0.2, 0.25) is 0 Å². The van der Waals surface area contributed by atoms with E-state index in [1.165, 1.54) is 11.1 Å². The lowest BCUT2D eigenvalue weighted by atomic mass is 9.99. The summed E-state index contributed by atoms with van der Waals surface area (Å²) in [6.45, 7) is 4.60. The number of aryl methyl sites for hydroxylation is 1. The third-order valence-electron chi connectivity index (χ3n) is 4.56. The minimum Gasteiger partial charge on any atom is -0.493 e. The molecule has 148 valence electrons. The monoisotopic (exact) mass is 502 g/mol. The van der Waals surface area contributed by atoms with Crippen LogP contribution in [0.3, 0.4) is 0 Å². The fourth-order valence-electron chi connectivity index (χ4n) is 3.22. The lowest BCUT2D eigenvalue weighted by Crippen LogP contribution is -2.44. The van der Waals surface area contributed by atoms with Gasteiger partial charge in [0.05, 0.1) is 24.9 Å². The van der Waals surface area contributed by atoms with E-state index in [1.54, 1.807) is 25.6 Å². The molecule has 0 amide bonds. The number of ether oxygens (including phenoxy) is 2. The number of hydrogen-bond acceptors (Lipinski definition) is 5. The topological polar surface area (TPSA) is 59.0 Å². The molecule has 0 fully saturated rings. The van der Waals surface area contributed by atoms with Crippen LogP contribution in [0.4, 0.5) is 0 Å². The van der Waals surface area contributed by atoms with Gasteiger partial charge in [-0.25, -0.2) is 4.98 Å². The van der Waals surface area contributed by atoms with Crippen molar-refractivity contribution < 1.29 is 9.47 Å². The van der Waals surface area contributed by atoms with Crippen molar-refractivity contribution in [1.82, 2.24) is 15.2 Å². The number of fused-ring (bicyclic) bond motifs is 1. The van der Waals surface area contributed by atoms with Gasteiger partial charge in [-0.15, -0.1) is 35.3 Å². The lowest BCUT2D eigenvalue weighted by Gasteiger charge is -2.32. The highest BCUT2D eigenvalue weighted by Crippen LogP contribution is 2.33. The Morgan fingerprint density at radius 1 is 1.26 bits per heavy atom. The SMILES string of the molecule is CN=C(NCCc1csc(C)n1)N1CCc2cc(OC)c(OC)cc2C1.I. The van der Waals surface area contributed by atoms with Crippen molar-refractivity contribution in [2.24, 2.45) is 4.99 Å². The van der Waals surface area contributed by atoms with Gasteiger partial charge in [-0.3, -0.25) is 4.99 Å². The fraction of sp³-hybridized carbons (Fsp3) is 0.474. The van der Waals surface area contributed by atoms with Crippen LogP contribution >= 0.6 is 35.3 Å². The van der Waals surface area contributed by atoms with Crippen molar-refractivity contribution in [3.05, 3.63) is 39.3 Å². The average molecular weight is 502 g/mol. The summed E-state index contributed by atoms with van der Waals surface area (Å²) in [6, 6.07) is 4.16. The number of aromatic nitrogens is 1. The molecule has 1 aliphatic heterocycles. The van der Waals surface area contributed by atoms with Crippen LogP contribution < -0.4 is 14.8 Å². The normalized spacial score (nSPS) is 13.6. The number of guanidine groups is 1. The molecule has 0 saturated heterocycles. The molecule has 0 bridgehead atoms. The predicted molar refractivity (Wildman–Crippen MR) is 121 cm³/mol. The molecule has 1 aromatic carbocycles. The maximum Gasteiger partial charge on any atom is 0.193 e. The summed E-state index contributed by atoms with van der Waals surface area (Å²) in [7, 11) is 5.18. The molecule has 0 saturated carbocycles. The van der Waals surface area contributed by atoms with Gasteiger partial charge >= 0.3 is 0 Å². The number of aliphatic imine (C=N–C) groups is 1. The largest absolute Gasteiger partial charge is 0.493 e. The molecule has 2 aromatic rings. The molecule has 2 heterocycles. The van der Waals surface area contributed by atoms with E-state index >= 15 is 0 Å². The van der Waals surface area contributed by atoms with Crippen molar-refractivity contribution in [2.45, 2.75) is 26.3 Å². The number of hydrogen-bond donors (Lipinski definition) is 1. The quantitative estimate of drug-likeness (QED) is 0.387. The Hall–Kier alpha value is -1.55. The van der Waals surface area contributed by atoms with Crippen molar-refractivity contribution >= 4 is 41.3 Å². The first-order valence-electron chi connectivity index (χ1n) is 8.75. The first-order chi connectivity index (χ1) is 12.6. The van der Waals surface area contributed by atoms with Gasteiger partial charge < -0.3 is 19.7 Å². The Labute approximate surface area is 182 Å². The first kappa shape index (κ1) is 21.7. The van der Waals surface area contributed by atoms with E-state index in [-0.39, 0.29) is 24.0 Å². The van der Waals surface area contributed by atoms with Crippen molar-refractivity contribution in [2.75, 3.05) is 34.4 Å². The van der Waals surface area contributed by atoms with Gasteiger partial charge in [0.25, 0.3) is 0 Å². The smallest absolute Gasteiger partial charge is 0.193 e. The maximum atomic E-state index is 5.44. The molecule has 6 nitrogen and oxygen atoms in total. The van der Waals surface area contributed by atoms with Gasteiger partial charge in [0.1, 0.15) is 0 Å². The molecule has 1 aliphatic rings. The van der Waals surface area contributed by atoms with Crippen LogP contribution in [0, 0.1) is 6.92 Å². The summed E-state index contributed by atoms with van der Waals surface area (Å²) in [5.74, 6) is 2.49. The summed E-state index contributed by atoms with van der Waals surface area (Å²) < 4.78 is 10.9. The Balaban J connectivity index is 0.00000261. The third-order valence-corrected chi connectivity index (χ3v) is 5.38. The summed E-state index contributed by atoms with van der Waals surface area (Å²) in [6.07, 6.45) is 1.86. The van der Waals surface area contributed by atoms with Gasteiger partial charge in [-0.05, 0) is 36.6 Å². The molecular formula is C19H27IN4O2S. The zero-order valence-electron chi connectivity index (χ0n) is 16.2. The Morgan fingerprint density at radius 2 is 1.96 bits per heavy atom. The van der Waals surface area contributed by atoms with Crippen molar-refractivity contribution in [1.29, 1.82) is 0 Å². The van der Waals surface area contributed by atoms with Gasteiger partial charge in [-0.2, -0.15) is 0 Å². The zero-order valence-corrected chi connectivity index (χ0v) is 19.4. The first-order valence-corrected chi connectivity index (χ1v) is 9.63. The Morgan fingerprint density at radius 3 is 2.56 bits per heavy atom. The number of nitrogens with one attached hydrogen (secondary N) is 1. The van der Waals surface area contributed by atoms with Crippen LogP contribution in [0.1, 0.15) is 21.8 Å². The Bertz CT molecular complexity index is 794. The minimum atomic E-state index is 0. The molecule has 1 N–H and O–H groups in total. The molecule has 3 rings (SSSR count). The zero-order chi connectivity index (χ0) is 18.5. The molecule has 8 heteroatoms. The van der Waals surface area contributed by atoms with Gasteiger partial charge in [0.15, 0.2) is 17.5 Å². The van der Waals surface area contributed by atoms with Crippen LogP contribution in [0.25, 0.3) is 0 Å². The second-order valence-electron chi connectivity index (χ2n) is 6.23. The molecular weight excluding hydrogens is 475 g/mol. The highest BCUT2D eigenvalue weighted by atomic mass is 127. The molecule has 0 atom stereocenters. The number of halogens is 1. The third kappa shape index (κ3) is 5.25. The van der Waals surface area contributed by atoms with E-state index in [0.717, 1.165) is 60.6 Å². The van der Waals surface area contributed by atoms with Gasteiger partial charge in [0.2, 0.25) is 0 Å². The lowest BCUT2D eigenvalue weighted by molar-refractivity contribution is 0.346. The molecule has 0 spiro atoms. The molecule has 1 aromatic heterocycles. The number of thiazole rings is 1. The fourth-order valence-corrected chi connectivity index (χ4v) is 3.87. The number of methoxy groups -OCH3 is 2. The van der Waals surface area contributed by atoms with Crippen LogP contribution in [0.15, 0.2) is 22.5 Å². The van der Waals surface area contributed by atoms with E-state index in [4.69, 9.17) is 9.47 Å². The van der Waals surface area contributed by atoms with Crippen LogP contribution in [-0.4, -0.2) is 50.2 Å². The highest BCUT2D eigenvalue weighted by molar-refractivity contribution is 14.0. The number of benzene rings is 1. The molecule has 0 aliphatic carbocycles. The number of rotatable bonds is 5. The highest BCUT2D eigenvalue weighted by Gasteiger charge is 2.21. The number of nitrogens with zero attached hydrogens (tertiary/aromatic N) is 3. The summed E-state index contributed by atoms with van der Waals surface area (Å²) >= 11 is 1.69. The standard InChI is InChI=1S/C19H26N4O2S.HI/c1-13-22-16(12-26-13)5-7-21-19(20-2)23-8-6-14-9-17(24-3)18(25-4)10-15(14)11-23;/h9-10,12H,5-8,11H2,1-4H3,(H,20,21);1H. The predicted octanol–water partition coefficient (Wildman–Crippen LogP) is 3.26.